The van der Waals surface area contributed by atoms with Crippen molar-refractivity contribution in [2.24, 2.45) is 0 Å². The molecule has 112 valence electrons. The normalized spacial score (nSPS) is 10.8. The third-order valence-electron chi connectivity index (χ3n) is 3.56. The number of nitrogens with zero attached hydrogens (tertiary/aromatic N) is 2. The summed E-state index contributed by atoms with van der Waals surface area (Å²) in [5.74, 6) is -0.0996. The second-order valence-electron chi connectivity index (χ2n) is 5.09. The van der Waals surface area contributed by atoms with E-state index >= 15 is 0 Å². The Kier molecular flexibility index (Phi) is 4.16. The van der Waals surface area contributed by atoms with Gasteiger partial charge in [-0.3, -0.25) is 4.79 Å². The summed E-state index contributed by atoms with van der Waals surface area (Å²) in [7, 11) is 0. The van der Waals surface area contributed by atoms with Crippen LogP contribution in [0.4, 0.5) is 0 Å². The van der Waals surface area contributed by atoms with Gasteiger partial charge in [0.2, 0.25) is 0 Å². The molecular formula is C17H17N3O2. The fourth-order valence-electron chi connectivity index (χ4n) is 2.29. The zero-order valence-electron chi connectivity index (χ0n) is 12.1. The number of aliphatic hydroxyl groups is 1. The first-order chi connectivity index (χ1) is 10.8. The minimum absolute atomic E-state index is 0.0489. The molecule has 1 amide bonds. The Hall–Kier alpha value is -2.66. The van der Waals surface area contributed by atoms with E-state index in [-0.39, 0.29) is 12.5 Å². The molecule has 5 nitrogen and oxygen atoms in total. The van der Waals surface area contributed by atoms with E-state index < -0.39 is 0 Å². The molecule has 2 N–H and O–H groups in total. The van der Waals surface area contributed by atoms with Crippen molar-refractivity contribution in [3.8, 4) is 0 Å². The molecule has 0 unspecified atom stereocenters. The summed E-state index contributed by atoms with van der Waals surface area (Å²) in [5, 5.41) is 11.9. The number of aromatic nitrogens is 2. The van der Waals surface area contributed by atoms with Gasteiger partial charge in [0.15, 0.2) is 0 Å². The lowest BCUT2D eigenvalue weighted by atomic mass is 10.1. The average Bonchev–Trinajstić information content (AvgIpc) is 3.03. The van der Waals surface area contributed by atoms with Crippen LogP contribution in [0.15, 0.2) is 55.0 Å². The minimum Gasteiger partial charge on any atom is -0.392 e. The lowest BCUT2D eigenvalue weighted by Crippen LogP contribution is -2.25. The van der Waals surface area contributed by atoms with E-state index in [9.17, 15) is 4.79 Å². The van der Waals surface area contributed by atoms with Crippen molar-refractivity contribution in [1.29, 1.82) is 0 Å². The third-order valence-corrected chi connectivity index (χ3v) is 3.56. The molecule has 1 aromatic carbocycles. The van der Waals surface area contributed by atoms with Crippen LogP contribution >= 0.6 is 0 Å². The molecular weight excluding hydrogens is 278 g/mol. The lowest BCUT2D eigenvalue weighted by molar-refractivity contribution is 0.0954. The topological polar surface area (TPSA) is 66.6 Å². The maximum atomic E-state index is 12.1. The number of fused-ring (bicyclic) bond motifs is 1. The van der Waals surface area contributed by atoms with Crippen LogP contribution in [0, 0.1) is 0 Å². The predicted octanol–water partition coefficient (Wildman–Crippen LogP) is 1.80. The van der Waals surface area contributed by atoms with Gasteiger partial charge >= 0.3 is 0 Å². The van der Waals surface area contributed by atoms with E-state index in [0.29, 0.717) is 12.1 Å². The summed E-state index contributed by atoms with van der Waals surface area (Å²) in [6, 6.07) is 11.3. The van der Waals surface area contributed by atoms with Crippen LogP contribution in [0.2, 0.25) is 0 Å². The molecule has 0 saturated carbocycles. The van der Waals surface area contributed by atoms with Crippen molar-refractivity contribution in [3.05, 3.63) is 71.7 Å². The number of carbonyl (C=O) groups excluding carboxylic acids is 1. The minimum atomic E-state index is -0.0996. The van der Waals surface area contributed by atoms with E-state index in [1.165, 1.54) is 0 Å². The largest absolute Gasteiger partial charge is 0.392 e. The Bertz CT molecular complexity index is 778. The highest BCUT2D eigenvalue weighted by atomic mass is 16.3. The van der Waals surface area contributed by atoms with E-state index in [4.69, 9.17) is 5.11 Å². The van der Waals surface area contributed by atoms with Crippen molar-refractivity contribution >= 4 is 11.6 Å². The molecule has 2 aromatic heterocycles. The van der Waals surface area contributed by atoms with Gasteiger partial charge in [-0.25, -0.2) is 4.98 Å². The van der Waals surface area contributed by atoms with Crippen LogP contribution in [-0.2, 0) is 13.0 Å². The van der Waals surface area contributed by atoms with E-state index in [1.54, 1.807) is 18.3 Å². The highest BCUT2D eigenvalue weighted by Crippen LogP contribution is 2.07. The Labute approximate surface area is 128 Å². The summed E-state index contributed by atoms with van der Waals surface area (Å²) in [6.45, 7) is 0.615. The van der Waals surface area contributed by atoms with Gasteiger partial charge in [0.05, 0.1) is 6.61 Å². The molecule has 0 aliphatic carbocycles. The van der Waals surface area contributed by atoms with E-state index in [2.05, 4.69) is 10.3 Å². The number of hydrogen-bond donors (Lipinski definition) is 2. The number of carbonyl (C=O) groups is 1. The zero-order chi connectivity index (χ0) is 15.4. The van der Waals surface area contributed by atoms with E-state index in [0.717, 1.165) is 23.2 Å². The van der Waals surface area contributed by atoms with Gasteiger partial charge in [-0.2, -0.15) is 0 Å². The van der Waals surface area contributed by atoms with Crippen LogP contribution in [0.1, 0.15) is 21.5 Å². The molecule has 0 bridgehead atoms. The molecule has 0 atom stereocenters. The smallest absolute Gasteiger partial charge is 0.251 e. The second kappa shape index (κ2) is 6.41. The number of amides is 1. The summed E-state index contributed by atoms with van der Waals surface area (Å²) in [4.78, 5) is 16.3. The Balaban J connectivity index is 1.57. The average molecular weight is 295 g/mol. The third kappa shape index (κ3) is 3.15. The van der Waals surface area contributed by atoms with Crippen molar-refractivity contribution in [1.82, 2.24) is 14.7 Å². The molecule has 0 spiro atoms. The zero-order valence-corrected chi connectivity index (χ0v) is 12.1. The molecule has 5 heteroatoms. The first kappa shape index (κ1) is 14.3. The van der Waals surface area contributed by atoms with Crippen LogP contribution < -0.4 is 5.32 Å². The van der Waals surface area contributed by atoms with Gasteiger partial charge in [-0.15, -0.1) is 0 Å². The first-order valence-corrected chi connectivity index (χ1v) is 7.16. The number of nitrogens with one attached hydrogen (secondary N) is 1. The number of benzene rings is 1. The molecule has 0 radical (unpaired) electrons. The Morgan fingerprint density at radius 3 is 2.68 bits per heavy atom. The molecule has 22 heavy (non-hydrogen) atoms. The van der Waals surface area contributed by atoms with Crippen LogP contribution in [-0.4, -0.2) is 26.9 Å². The summed E-state index contributed by atoms with van der Waals surface area (Å²) < 4.78 is 1.86. The van der Waals surface area contributed by atoms with Crippen LogP contribution in [0.3, 0.4) is 0 Å². The number of imidazole rings is 1. The van der Waals surface area contributed by atoms with Crippen LogP contribution in [0.25, 0.3) is 5.65 Å². The summed E-state index contributed by atoms with van der Waals surface area (Å²) >= 11 is 0. The van der Waals surface area contributed by atoms with Crippen molar-refractivity contribution in [2.45, 2.75) is 13.0 Å². The molecule has 0 saturated heterocycles. The number of pyridine rings is 1. The fourth-order valence-corrected chi connectivity index (χ4v) is 2.29. The molecule has 3 rings (SSSR count). The van der Waals surface area contributed by atoms with Crippen molar-refractivity contribution in [3.63, 3.8) is 0 Å². The lowest BCUT2D eigenvalue weighted by Gasteiger charge is -2.06. The van der Waals surface area contributed by atoms with Gasteiger partial charge in [0.25, 0.3) is 5.91 Å². The molecule has 2 heterocycles. The van der Waals surface area contributed by atoms with Crippen LogP contribution in [0.5, 0.6) is 0 Å². The SMILES string of the molecule is O=C(NCCc1ccc(CO)cc1)c1ccn2ccnc2c1. The standard InChI is InChI=1S/C17H17N3O2/c21-12-14-3-1-13(2-4-14)5-7-19-17(22)15-6-9-20-10-8-18-16(20)11-15/h1-4,6,8-11,21H,5,7,12H2,(H,19,22). The monoisotopic (exact) mass is 295 g/mol. The number of hydrogen-bond acceptors (Lipinski definition) is 3. The van der Waals surface area contributed by atoms with E-state index in [1.807, 2.05) is 41.1 Å². The maximum absolute atomic E-state index is 12.1. The summed E-state index contributed by atoms with van der Waals surface area (Å²) in [5.41, 5.74) is 3.38. The molecule has 3 aromatic rings. The quantitative estimate of drug-likeness (QED) is 0.754. The summed E-state index contributed by atoms with van der Waals surface area (Å²) in [6.07, 6.45) is 6.12. The second-order valence-corrected chi connectivity index (χ2v) is 5.09. The van der Waals surface area contributed by atoms with Gasteiger partial charge in [0.1, 0.15) is 5.65 Å². The van der Waals surface area contributed by atoms with Gasteiger partial charge in [-0.1, -0.05) is 24.3 Å². The predicted molar refractivity (Wildman–Crippen MR) is 83.6 cm³/mol. The highest BCUT2D eigenvalue weighted by Gasteiger charge is 2.06. The van der Waals surface area contributed by atoms with Gasteiger partial charge in [0, 0.05) is 30.7 Å². The Morgan fingerprint density at radius 2 is 1.91 bits per heavy atom. The van der Waals surface area contributed by atoms with Gasteiger partial charge in [-0.05, 0) is 29.7 Å². The molecule has 0 aliphatic heterocycles. The van der Waals surface area contributed by atoms with Crippen molar-refractivity contribution in [2.75, 3.05) is 6.54 Å². The van der Waals surface area contributed by atoms with Gasteiger partial charge < -0.3 is 14.8 Å². The fraction of sp³-hybridized carbons (Fsp3) is 0.176. The molecule has 0 fully saturated rings. The maximum Gasteiger partial charge on any atom is 0.251 e. The number of rotatable bonds is 5. The Morgan fingerprint density at radius 1 is 1.14 bits per heavy atom. The first-order valence-electron chi connectivity index (χ1n) is 7.16. The van der Waals surface area contributed by atoms with Crippen molar-refractivity contribution < 1.29 is 9.90 Å². The molecule has 0 aliphatic rings. The number of aliphatic hydroxyl groups excluding tert-OH is 1. The highest BCUT2D eigenvalue weighted by molar-refractivity contribution is 5.95.